The molecule has 0 fully saturated rings. The van der Waals surface area contributed by atoms with Crippen LogP contribution in [0.15, 0.2) is 24.5 Å². The Labute approximate surface area is 115 Å². The number of hydrogen-bond acceptors (Lipinski definition) is 6. The molecule has 4 rings (SSSR count). The minimum absolute atomic E-state index is 0.721. The van der Waals surface area contributed by atoms with Crippen molar-refractivity contribution >= 4 is 16.5 Å². The standard InChI is InChI=1S/C13H13N7/c1-20-13(14-7-16-20)12-8-3-2-4-9-11(8)10(18-19-12)5-6-15-17-9/h2-4,7,15,17H,5-6H2,1H3. The van der Waals surface area contributed by atoms with Gasteiger partial charge in [-0.15, -0.1) is 5.10 Å². The Morgan fingerprint density at radius 2 is 2.20 bits per heavy atom. The molecule has 7 heteroatoms. The van der Waals surface area contributed by atoms with E-state index in [1.165, 1.54) is 6.33 Å². The minimum Gasteiger partial charge on any atom is -0.321 e. The number of anilines is 1. The zero-order valence-corrected chi connectivity index (χ0v) is 11.0. The fourth-order valence-corrected chi connectivity index (χ4v) is 2.57. The Kier molecular flexibility index (Phi) is 2.40. The Bertz CT molecular complexity index is 780. The van der Waals surface area contributed by atoms with E-state index in [4.69, 9.17) is 0 Å². The zero-order chi connectivity index (χ0) is 13.5. The predicted octanol–water partition coefficient (Wildman–Crippen LogP) is 0.898. The zero-order valence-electron chi connectivity index (χ0n) is 11.0. The summed E-state index contributed by atoms with van der Waals surface area (Å²) in [6, 6.07) is 6.09. The first kappa shape index (κ1) is 11.3. The second kappa shape index (κ2) is 4.24. The van der Waals surface area contributed by atoms with E-state index >= 15 is 0 Å². The number of aromatic nitrogens is 5. The van der Waals surface area contributed by atoms with Crippen molar-refractivity contribution in [1.29, 1.82) is 0 Å². The van der Waals surface area contributed by atoms with Crippen LogP contribution in [-0.4, -0.2) is 31.5 Å². The van der Waals surface area contributed by atoms with E-state index in [0.717, 1.165) is 46.6 Å². The predicted molar refractivity (Wildman–Crippen MR) is 74.9 cm³/mol. The van der Waals surface area contributed by atoms with E-state index in [1.807, 2.05) is 25.2 Å². The molecule has 0 saturated heterocycles. The summed E-state index contributed by atoms with van der Waals surface area (Å²) in [4.78, 5) is 4.28. The van der Waals surface area contributed by atoms with Gasteiger partial charge in [-0.3, -0.25) is 0 Å². The second-order valence-electron chi connectivity index (χ2n) is 4.73. The molecule has 1 aliphatic heterocycles. The maximum Gasteiger partial charge on any atom is 0.179 e. The molecule has 7 nitrogen and oxygen atoms in total. The van der Waals surface area contributed by atoms with Gasteiger partial charge in [0.15, 0.2) is 5.82 Å². The molecule has 1 aromatic carbocycles. The average Bonchev–Trinajstić information content (AvgIpc) is 2.78. The summed E-state index contributed by atoms with van der Waals surface area (Å²) in [7, 11) is 1.85. The van der Waals surface area contributed by atoms with Crippen molar-refractivity contribution in [2.24, 2.45) is 7.05 Å². The molecule has 3 heterocycles. The molecule has 100 valence electrons. The molecule has 0 amide bonds. The van der Waals surface area contributed by atoms with Gasteiger partial charge in [-0.05, 0) is 6.07 Å². The highest BCUT2D eigenvalue weighted by Crippen LogP contribution is 2.32. The quantitative estimate of drug-likeness (QED) is 0.682. The molecular weight excluding hydrogens is 254 g/mol. The number of rotatable bonds is 1. The van der Waals surface area contributed by atoms with Gasteiger partial charge in [-0.1, -0.05) is 12.1 Å². The van der Waals surface area contributed by atoms with Crippen LogP contribution in [0.1, 0.15) is 5.69 Å². The van der Waals surface area contributed by atoms with E-state index < -0.39 is 0 Å². The third-order valence-corrected chi connectivity index (χ3v) is 3.51. The maximum absolute atomic E-state index is 4.38. The first-order chi connectivity index (χ1) is 9.84. The largest absolute Gasteiger partial charge is 0.321 e. The highest BCUT2D eigenvalue weighted by Gasteiger charge is 2.18. The fraction of sp³-hybridized carbons (Fsp3) is 0.231. The van der Waals surface area contributed by atoms with Crippen molar-refractivity contribution in [1.82, 2.24) is 30.4 Å². The number of nitrogens with one attached hydrogen (secondary N) is 2. The summed E-state index contributed by atoms with van der Waals surface area (Å²) < 4.78 is 1.71. The van der Waals surface area contributed by atoms with Gasteiger partial charge in [-0.2, -0.15) is 10.2 Å². The van der Waals surface area contributed by atoms with Crippen LogP contribution in [-0.2, 0) is 13.5 Å². The average molecular weight is 267 g/mol. The molecule has 1 aliphatic rings. The fourth-order valence-electron chi connectivity index (χ4n) is 2.57. The number of hydrazine groups is 1. The van der Waals surface area contributed by atoms with Crippen LogP contribution in [0.4, 0.5) is 5.69 Å². The van der Waals surface area contributed by atoms with Crippen LogP contribution in [0.5, 0.6) is 0 Å². The molecule has 0 aliphatic carbocycles. The van der Waals surface area contributed by atoms with Crippen LogP contribution in [0.2, 0.25) is 0 Å². The molecule has 0 radical (unpaired) electrons. The maximum atomic E-state index is 4.38. The summed E-state index contributed by atoms with van der Waals surface area (Å²) in [6.07, 6.45) is 2.37. The van der Waals surface area contributed by atoms with Crippen LogP contribution in [0.25, 0.3) is 22.3 Å². The normalized spacial score (nSPS) is 14.1. The molecule has 2 N–H and O–H groups in total. The topological polar surface area (TPSA) is 80.5 Å². The highest BCUT2D eigenvalue weighted by atomic mass is 15.4. The lowest BCUT2D eigenvalue weighted by Gasteiger charge is -2.10. The summed E-state index contributed by atoms with van der Waals surface area (Å²) in [5.41, 5.74) is 9.16. The van der Waals surface area contributed by atoms with Crippen molar-refractivity contribution in [2.45, 2.75) is 6.42 Å². The van der Waals surface area contributed by atoms with E-state index in [1.54, 1.807) is 4.68 Å². The van der Waals surface area contributed by atoms with Crippen molar-refractivity contribution < 1.29 is 0 Å². The second-order valence-corrected chi connectivity index (χ2v) is 4.73. The Hall–Kier alpha value is -2.54. The number of benzene rings is 1. The summed E-state index contributed by atoms with van der Waals surface area (Å²) in [5.74, 6) is 0.721. The lowest BCUT2D eigenvalue weighted by Crippen LogP contribution is -2.21. The van der Waals surface area contributed by atoms with Gasteiger partial charge in [0, 0.05) is 30.8 Å². The number of nitrogens with zero attached hydrogens (tertiary/aromatic N) is 5. The van der Waals surface area contributed by atoms with Crippen LogP contribution in [0.3, 0.4) is 0 Å². The SMILES string of the molecule is Cn1ncnc1-c1nnc2c3c(cccc13)NNCC2. The van der Waals surface area contributed by atoms with Crippen molar-refractivity contribution in [3.63, 3.8) is 0 Å². The van der Waals surface area contributed by atoms with Crippen molar-refractivity contribution in [3.05, 3.63) is 30.2 Å². The van der Waals surface area contributed by atoms with Gasteiger partial charge in [-0.25, -0.2) is 15.1 Å². The van der Waals surface area contributed by atoms with Gasteiger partial charge in [0.05, 0.1) is 11.4 Å². The van der Waals surface area contributed by atoms with E-state index in [2.05, 4.69) is 31.1 Å². The van der Waals surface area contributed by atoms with E-state index in [9.17, 15) is 0 Å². The molecule has 0 bridgehead atoms. The van der Waals surface area contributed by atoms with Gasteiger partial charge < -0.3 is 5.43 Å². The van der Waals surface area contributed by atoms with Gasteiger partial charge in [0.1, 0.15) is 12.0 Å². The van der Waals surface area contributed by atoms with Crippen LogP contribution >= 0.6 is 0 Å². The molecular formula is C13H13N7. The lowest BCUT2D eigenvalue weighted by atomic mass is 10.0. The van der Waals surface area contributed by atoms with E-state index in [0.29, 0.717) is 0 Å². The molecule has 0 unspecified atom stereocenters. The molecule has 20 heavy (non-hydrogen) atoms. The number of hydrogen-bond donors (Lipinski definition) is 2. The third kappa shape index (κ3) is 1.56. The molecule has 3 aromatic rings. The third-order valence-electron chi connectivity index (χ3n) is 3.51. The van der Waals surface area contributed by atoms with Gasteiger partial charge >= 0.3 is 0 Å². The highest BCUT2D eigenvalue weighted by molar-refractivity contribution is 6.02. The first-order valence-electron chi connectivity index (χ1n) is 6.46. The molecule has 0 saturated carbocycles. The van der Waals surface area contributed by atoms with Crippen molar-refractivity contribution in [2.75, 3.05) is 12.0 Å². The molecule has 2 aromatic heterocycles. The Balaban J connectivity index is 2.08. The lowest BCUT2D eigenvalue weighted by molar-refractivity contribution is 0.760. The summed E-state index contributed by atoms with van der Waals surface area (Å²) in [6.45, 7) is 0.821. The Morgan fingerprint density at radius 3 is 3.05 bits per heavy atom. The van der Waals surface area contributed by atoms with E-state index in [-0.39, 0.29) is 0 Å². The number of aryl methyl sites for hydroxylation is 1. The van der Waals surface area contributed by atoms with Gasteiger partial charge in [0.25, 0.3) is 0 Å². The smallest absolute Gasteiger partial charge is 0.179 e. The molecule has 0 spiro atoms. The van der Waals surface area contributed by atoms with Crippen LogP contribution in [0, 0.1) is 0 Å². The summed E-state index contributed by atoms with van der Waals surface area (Å²) in [5, 5.41) is 15.0. The Morgan fingerprint density at radius 1 is 1.25 bits per heavy atom. The van der Waals surface area contributed by atoms with Crippen LogP contribution < -0.4 is 10.9 Å². The molecule has 0 atom stereocenters. The minimum atomic E-state index is 0.721. The first-order valence-corrected chi connectivity index (χ1v) is 6.46. The van der Waals surface area contributed by atoms with Crippen molar-refractivity contribution in [3.8, 4) is 11.5 Å². The monoisotopic (exact) mass is 267 g/mol. The van der Waals surface area contributed by atoms with Gasteiger partial charge in [0.2, 0.25) is 0 Å². The summed E-state index contributed by atoms with van der Waals surface area (Å²) >= 11 is 0.